The molecule has 1 aromatic carbocycles. The Labute approximate surface area is 100 Å². The zero-order chi connectivity index (χ0) is 13.2. The Balaban J connectivity index is 2.26. The number of nitrogens with zero attached hydrogens (tertiary/aromatic N) is 2. The lowest BCUT2D eigenvalue weighted by Crippen LogP contribution is -2.03. The van der Waals surface area contributed by atoms with Gasteiger partial charge < -0.3 is 5.32 Å². The quantitative estimate of drug-likeness (QED) is 0.856. The number of benzene rings is 1. The van der Waals surface area contributed by atoms with Crippen molar-refractivity contribution in [1.82, 2.24) is 9.78 Å². The van der Waals surface area contributed by atoms with Crippen molar-refractivity contribution in [3.63, 3.8) is 0 Å². The maximum atomic E-state index is 12.4. The van der Waals surface area contributed by atoms with Gasteiger partial charge in [-0.1, -0.05) is 0 Å². The van der Waals surface area contributed by atoms with Gasteiger partial charge in [0.15, 0.2) is 0 Å². The fraction of sp³-hybridized carbons (Fsp3) is 0.0909. The summed E-state index contributed by atoms with van der Waals surface area (Å²) in [5.74, 6) is 0. The number of hydrogen-bond acceptors (Lipinski definition) is 2. The molecule has 18 heavy (non-hydrogen) atoms. The number of anilines is 1. The number of carbonyl (C=O) groups excluding carboxylic acids is 1. The number of rotatable bonds is 3. The fourth-order valence-electron chi connectivity index (χ4n) is 1.39. The van der Waals surface area contributed by atoms with Crippen LogP contribution in [0.5, 0.6) is 0 Å². The monoisotopic (exact) mass is 255 g/mol. The van der Waals surface area contributed by atoms with Crippen LogP contribution in [0.25, 0.3) is 5.69 Å². The Morgan fingerprint density at radius 1 is 1.22 bits per heavy atom. The minimum absolute atomic E-state index is 0.474. The smallest absolute Gasteiger partial charge is 0.329 e. The average Bonchev–Trinajstić information content (AvgIpc) is 2.79. The van der Waals surface area contributed by atoms with E-state index in [1.54, 1.807) is 24.3 Å². The van der Waals surface area contributed by atoms with Crippen LogP contribution in [0.4, 0.5) is 18.9 Å². The predicted molar refractivity (Wildman–Crippen MR) is 58.3 cm³/mol. The van der Waals surface area contributed by atoms with Crippen LogP contribution in [-0.4, -0.2) is 16.2 Å². The van der Waals surface area contributed by atoms with Gasteiger partial charge in [0.05, 0.1) is 17.4 Å². The topological polar surface area (TPSA) is 46.9 Å². The zero-order valence-electron chi connectivity index (χ0n) is 8.98. The molecule has 4 nitrogen and oxygen atoms in total. The molecule has 2 rings (SSSR count). The van der Waals surface area contributed by atoms with Crippen LogP contribution in [0, 0.1) is 0 Å². The molecule has 0 aliphatic carbocycles. The summed E-state index contributed by atoms with van der Waals surface area (Å²) in [5, 5.41) is 6.06. The van der Waals surface area contributed by atoms with E-state index in [2.05, 4.69) is 10.4 Å². The zero-order valence-corrected chi connectivity index (χ0v) is 8.98. The van der Waals surface area contributed by atoms with Gasteiger partial charge in [0, 0.05) is 11.9 Å². The highest BCUT2D eigenvalue weighted by molar-refractivity contribution is 5.71. The molecule has 0 aliphatic rings. The predicted octanol–water partition coefficient (Wildman–Crippen LogP) is 2.46. The van der Waals surface area contributed by atoms with Gasteiger partial charge in [0.2, 0.25) is 6.41 Å². The molecule has 1 amide bonds. The first-order valence-electron chi connectivity index (χ1n) is 4.93. The highest BCUT2D eigenvalue weighted by atomic mass is 19.4. The van der Waals surface area contributed by atoms with Gasteiger partial charge in [-0.2, -0.15) is 18.3 Å². The number of carbonyl (C=O) groups is 1. The minimum atomic E-state index is -4.41. The summed E-state index contributed by atoms with van der Waals surface area (Å²) in [5.41, 5.74) is 0.219. The molecule has 1 N–H and O–H groups in total. The van der Waals surface area contributed by atoms with E-state index < -0.39 is 11.7 Å². The number of nitrogens with one attached hydrogen (secondary N) is 1. The summed E-state index contributed by atoms with van der Waals surface area (Å²) in [6, 6.07) is 6.25. The van der Waals surface area contributed by atoms with Crippen LogP contribution in [-0.2, 0) is 11.0 Å². The molecule has 0 unspecified atom stereocenters. The van der Waals surface area contributed by atoms with Crippen molar-refractivity contribution in [2.24, 2.45) is 0 Å². The molecule has 94 valence electrons. The maximum absolute atomic E-state index is 12.4. The number of alkyl halides is 3. The second kappa shape index (κ2) is 4.52. The molecular weight excluding hydrogens is 247 g/mol. The van der Waals surface area contributed by atoms with Crippen molar-refractivity contribution < 1.29 is 18.0 Å². The SMILES string of the molecule is O=CNc1ccc(-n2cc(C(F)(F)F)cn2)cc1. The second-order valence-corrected chi connectivity index (χ2v) is 3.48. The summed E-state index contributed by atoms with van der Waals surface area (Å²) in [6.07, 6.45) is -2.22. The van der Waals surface area contributed by atoms with Crippen LogP contribution >= 0.6 is 0 Å². The largest absolute Gasteiger partial charge is 0.419 e. The lowest BCUT2D eigenvalue weighted by Gasteiger charge is -2.03. The average molecular weight is 255 g/mol. The van der Waals surface area contributed by atoms with Crippen LogP contribution < -0.4 is 5.32 Å². The Hall–Kier alpha value is -2.31. The molecule has 0 radical (unpaired) electrons. The van der Waals surface area contributed by atoms with Gasteiger partial charge in [-0.05, 0) is 24.3 Å². The molecule has 0 atom stereocenters. The highest BCUT2D eigenvalue weighted by Gasteiger charge is 2.32. The van der Waals surface area contributed by atoms with E-state index in [-0.39, 0.29) is 0 Å². The van der Waals surface area contributed by atoms with Gasteiger partial charge in [-0.3, -0.25) is 4.79 Å². The number of hydrogen-bond donors (Lipinski definition) is 1. The third kappa shape index (κ3) is 2.50. The van der Waals surface area contributed by atoms with Gasteiger partial charge in [0.1, 0.15) is 0 Å². The first-order valence-corrected chi connectivity index (χ1v) is 4.93. The Morgan fingerprint density at radius 2 is 1.89 bits per heavy atom. The number of amides is 1. The van der Waals surface area contributed by atoms with Crippen molar-refractivity contribution in [2.75, 3.05) is 5.32 Å². The Morgan fingerprint density at radius 3 is 2.39 bits per heavy atom. The normalized spacial score (nSPS) is 11.3. The summed E-state index contributed by atoms with van der Waals surface area (Å²) in [7, 11) is 0. The van der Waals surface area contributed by atoms with E-state index in [9.17, 15) is 18.0 Å². The third-order valence-electron chi connectivity index (χ3n) is 2.27. The van der Waals surface area contributed by atoms with E-state index in [1.165, 1.54) is 0 Å². The van der Waals surface area contributed by atoms with Crippen molar-refractivity contribution >= 4 is 12.1 Å². The molecule has 2 aromatic rings. The van der Waals surface area contributed by atoms with E-state index in [0.29, 0.717) is 17.8 Å². The second-order valence-electron chi connectivity index (χ2n) is 3.48. The first kappa shape index (κ1) is 12.2. The minimum Gasteiger partial charge on any atom is -0.329 e. The molecule has 0 fully saturated rings. The van der Waals surface area contributed by atoms with Crippen molar-refractivity contribution in [3.8, 4) is 5.69 Å². The van der Waals surface area contributed by atoms with Gasteiger partial charge >= 0.3 is 6.18 Å². The molecule has 0 aliphatic heterocycles. The molecule has 0 bridgehead atoms. The van der Waals surface area contributed by atoms with Gasteiger partial charge in [-0.15, -0.1) is 0 Å². The summed E-state index contributed by atoms with van der Waals surface area (Å²) >= 11 is 0. The maximum Gasteiger partial charge on any atom is 0.419 e. The van der Waals surface area contributed by atoms with E-state index in [4.69, 9.17) is 0 Å². The molecule has 1 aromatic heterocycles. The molecule has 0 saturated carbocycles. The van der Waals surface area contributed by atoms with Crippen molar-refractivity contribution in [3.05, 3.63) is 42.2 Å². The van der Waals surface area contributed by atoms with E-state index in [1.807, 2.05) is 0 Å². The Kier molecular flexibility index (Phi) is 3.05. The molecule has 7 heteroatoms. The first-order chi connectivity index (χ1) is 8.50. The Bertz CT molecular complexity index is 545. The molecular formula is C11H8F3N3O. The standard InChI is InChI=1S/C11H8F3N3O/c12-11(13,14)8-5-16-17(6-8)10-3-1-9(2-4-10)15-7-18/h1-7H,(H,15,18). The third-order valence-corrected chi connectivity index (χ3v) is 2.27. The van der Waals surface area contributed by atoms with E-state index in [0.717, 1.165) is 17.1 Å². The lowest BCUT2D eigenvalue weighted by atomic mass is 10.3. The van der Waals surface area contributed by atoms with Gasteiger partial charge in [-0.25, -0.2) is 4.68 Å². The fourth-order valence-corrected chi connectivity index (χ4v) is 1.39. The number of halogens is 3. The van der Waals surface area contributed by atoms with Crippen LogP contribution in [0.15, 0.2) is 36.7 Å². The number of aromatic nitrogens is 2. The highest BCUT2D eigenvalue weighted by Crippen LogP contribution is 2.29. The lowest BCUT2D eigenvalue weighted by molar-refractivity contribution is -0.137. The summed E-state index contributed by atoms with van der Waals surface area (Å²) in [4.78, 5) is 10.2. The summed E-state index contributed by atoms with van der Waals surface area (Å²) in [6.45, 7) is 0. The van der Waals surface area contributed by atoms with Crippen molar-refractivity contribution in [2.45, 2.75) is 6.18 Å². The van der Waals surface area contributed by atoms with Crippen LogP contribution in [0.2, 0.25) is 0 Å². The van der Waals surface area contributed by atoms with Crippen molar-refractivity contribution in [1.29, 1.82) is 0 Å². The van der Waals surface area contributed by atoms with Crippen LogP contribution in [0.3, 0.4) is 0 Å². The molecule has 0 spiro atoms. The molecule has 0 saturated heterocycles. The summed E-state index contributed by atoms with van der Waals surface area (Å²) < 4.78 is 38.3. The van der Waals surface area contributed by atoms with Crippen LogP contribution in [0.1, 0.15) is 5.56 Å². The van der Waals surface area contributed by atoms with Gasteiger partial charge in [0.25, 0.3) is 0 Å². The molecule has 1 heterocycles. The van der Waals surface area contributed by atoms with E-state index >= 15 is 0 Å².